The van der Waals surface area contributed by atoms with Crippen molar-refractivity contribution in [3.63, 3.8) is 0 Å². The quantitative estimate of drug-likeness (QED) is 0.405. The van der Waals surface area contributed by atoms with Gasteiger partial charge in [0.25, 0.3) is 0 Å². The van der Waals surface area contributed by atoms with Crippen molar-refractivity contribution < 1.29 is 13.3 Å². The minimum Gasteiger partial charge on any atom is -0.243 e. The van der Waals surface area contributed by atoms with E-state index in [2.05, 4.69) is 0 Å². The molecule has 1 aromatic carbocycles. The van der Waals surface area contributed by atoms with Gasteiger partial charge in [0.15, 0.2) is 0 Å². The van der Waals surface area contributed by atoms with Gasteiger partial charge in [-0.05, 0) is 5.56 Å². The van der Waals surface area contributed by atoms with Crippen molar-refractivity contribution in [2.45, 2.75) is 20.8 Å². The zero-order valence-corrected chi connectivity index (χ0v) is 18.5. The van der Waals surface area contributed by atoms with Gasteiger partial charge in [0, 0.05) is 18.6 Å². The van der Waals surface area contributed by atoms with Crippen molar-refractivity contribution >= 4 is 0 Å². The van der Waals surface area contributed by atoms with E-state index in [1.54, 1.807) is 4.57 Å². The molecule has 2 rings (SSSR count). The summed E-state index contributed by atoms with van der Waals surface area (Å²) in [5.74, 6) is -0.669. The van der Waals surface area contributed by atoms with Crippen molar-refractivity contribution in [3.8, 4) is 11.4 Å². The van der Waals surface area contributed by atoms with Crippen molar-refractivity contribution in [2.75, 3.05) is 0 Å². The molecule has 5 heteroatoms. The minimum absolute atomic E-state index is 0. The fraction of sp³-hybridized carbons (Fsp3) is 0.357. The van der Waals surface area contributed by atoms with Crippen LogP contribution in [0.25, 0.3) is 11.4 Å². The van der Waals surface area contributed by atoms with Crippen molar-refractivity contribution in [3.05, 3.63) is 41.7 Å². The number of benzene rings is 1. The molecule has 0 radical (unpaired) electrons. The number of rotatable bonds is 1. The van der Waals surface area contributed by atoms with Crippen LogP contribution < -0.4 is 4.57 Å². The second kappa shape index (κ2) is 6.28. The first-order valence-electron chi connectivity index (χ1n) is 5.90. The van der Waals surface area contributed by atoms with Gasteiger partial charge in [0.2, 0.25) is 5.82 Å². The van der Waals surface area contributed by atoms with E-state index in [1.165, 1.54) is 12.1 Å². The molecule has 0 aliphatic heterocycles. The Kier molecular flexibility index (Phi) is 5.39. The van der Waals surface area contributed by atoms with Gasteiger partial charge in [-0.1, -0.05) is 13.8 Å². The summed E-state index contributed by atoms with van der Waals surface area (Å²) in [6.07, 6.45) is 1.89. The van der Waals surface area contributed by atoms with Crippen LogP contribution in [-0.2, 0) is 14.1 Å². The molecule has 0 bridgehead atoms. The summed E-state index contributed by atoms with van der Waals surface area (Å²) in [6.45, 7) is 5.93. The van der Waals surface area contributed by atoms with E-state index >= 15 is 0 Å². The van der Waals surface area contributed by atoms with Gasteiger partial charge in [0.1, 0.15) is 11.9 Å². The van der Waals surface area contributed by atoms with Crippen molar-refractivity contribution in [1.29, 1.82) is 0 Å². The molecule has 0 unspecified atom stereocenters. The molecule has 0 spiro atoms. The zero-order chi connectivity index (χ0) is 13.9. The minimum atomic E-state index is -0.685. The molecule has 0 atom stereocenters. The third-order valence-corrected chi connectivity index (χ3v) is 2.66. The summed E-state index contributed by atoms with van der Waals surface area (Å²) < 4.78 is 30.0. The van der Waals surface area contributed by atoms with Crippen LogP contribution in [0.4, 0.5) is 8.78 Å². The molecule has 19 heavy (non-hydrogen) atoms. The molecule has 2 aromatic rings. The first-order chi connectivity index (χ1) is 8.50. The van der Waals surface area contributed by atoms with Gasteiger partial charge >= 0.3 is 0 Å². The molecule has 1 aromatic heterocycles. The van der Waals surface area contributed by atoms with Crippen molar-refractivity contribution in [2.24, 2.45) is 14.1 Å². The summed E-state index contributed by atoms with van der Waals surface area (Å²) in [5.41, 5.74) is 1.35. The predicted molar refractivity (Wildman–Crippen MR) is 66.9 cm³/mol. The van der Waals surface area contributed by atoms with Crippen LogP contribution in [0.5, 0.6) is 0 Å². The van der Waals surface area contributed by atoms with Crippen LogP contribution in [0.3, 0.4) is 0 Å². The fourth-order valence-corrected chi connectivity index (χ4v) is 1.82. The molecule has 1 heterocycles. The summed E-state index contributed by atoms with van der Waals surface area (Å²) in [6, 6.07) is 4.68. The van der Waals surface area contributed by atoms with Gasteiger partial charge in [-0.15, -0.1) is 12.1 Å². The van der Waals surface area contributed by atoms with E-state index in [1.807, 2.05) is 51.7 Å². The Morgan fingerprint density at radius 3 is 2.21 bits per heavy atom. The molecule has 0 saturated heterocycles. The standard InChI is InChI=1S/C12H12F2N2.C2H6.Rf/c1-8-7-15(2)12(16(8)3)10-5-4-9(13)6-11(10)14;1-2;/h4-5,7H,1-3H3;1-2H3;. The number of hydrogen-bond donors (Lipinski definition) is 0. The number of hydrogen-bond acceptors (Lipinski definition) is 0. The monoisotopic (exact) mass is 519 g/mol. The average molecular weight is 519 g/mol. The Labute approximate surface area is 106 Å². The molecule has 2 nitrogen and oxygen atoms in total. The zero-order valence-electron chi connectivity index (χ0n) is 12.1. The largest absolute Gasteiger partial charge is 0.243 e. The smallest absolute Gasteiger partial charge is 0.234 e. The summed E-state index contributed by atoms with van der Waals surface area (Å²) in [4.78, 5) is 0. The maximum Gasteiger partial charge on any atom is 0.234 e. The van der Waals surface area contributed by atoms with E-state index in [4.69, 9.17) is 0 Å². The number of aryl methyl sites for hydroxylation is 2. The third-order valence-electron chi connectivity index (χ3n) is 2.66. The molecule has 0 saturated carbocycles. The Morgan fingerprint density at radius 2 is 1.79 bits per heavy atom. The SMILES string of the molecule is CC.Cc1c[n+](C)c(-c2ccc(F)[c-]c2F)n1C.[Rf]. The van der Waals surface area contributed by atoms with Crippen LogP contribution in [0.15, 0.2) is 18.3 Å². The van der Waals surface area contributed by atoms with Gasteiger partial charge in [-0.3, -0.25) is 0 Å². The first-order valence-corrected chi connectivity index (χ1v) is 5.90. The van der Waals surface area contributed by atoms with Gasteiger partial charge < -0.3 is 0 Å². The van der Waals surface area contributed by atoms with E-state index in [0.29, 0.717) is 11.4 Å². The van der Waals surface area contributed by atoms with E-state index in [9.17, 15) is 8.78 Å². The molecule has 0 fully saturated rings. The van der Waals surface area contributed by atoms with Gasteiger partial charge in [0.05, 0.1) is 14.1 Å². The van der Waals surface area contributed by atoms with E-state index < -0.39 is 11.6 Å². The molecule has 100 valence electrons. The van der Waals surface area contributed by atoms with E-state index in [0.717, 1.165) is 5.69 Å². The maximum atomic E-state index is 13.6. The number of halogens is 2. The molecular formula is C14H18F2N2Rf. The number of imidazole rings is 1. The Hall–Kier alpha value is -2.71. The molecule has 0 aliphatic rings. The second-order valence-electron chi connectivity index (χ2n) is 3.80. The van der Waals surface area contributed by atoms with Crippen molar-refractivity contribution in [1.82, 2.24) is 4.57 Å². The van der Waals surface area contributed by atoms with Crippen LogP contribution >= 0.6 is 0 Å². The maximum absolute atomic E-state index is 13.6. The Morgan fingerprint density at radius 1 is 1.21 bits per heavy atom. The summed E-state index contributed by atoms with van der Waals surface area (Å²) in [7, 11) is 3.67. The molecular weight excluding hydrogens is 501 g/mol. The average Bonchev–Trinajstić information content (AvgIpc) is 2.57. The molecule has 0 N–H and O–H groups in total. The number of aromatic nitrogens is 2. The van der Waals surface area contributed by atoms with Crippen LogP contribution in [0.2, 0.25) is 0 Å². The van der Waals surface area contributed by atoms with Crippen LogP contribution in [0.1, 0.15) is 19.5 Å². The van der Waals surface area contributed by atoms with Gasteiger partial charge in [-0.2, -0.15) is 6.07 Å². The van der Waals surface area contributed by atoms with E-state index in [-0.39, 0.29) is 0 Å². The third kappa shape index (κ3) is 2.94. The first kappa shape index (κ1) is 16.3. The Balaban J connectivity index is 0.00000103. The molecule has 0 amide bonds. The summed E-state index contributed by atoms with van der Waals surface area (Å²) >= 11 is 0. The Bertz CT molecular complexity index is 551. The topological polar surface area (TPSA) is 8.81 Å². The number of nitrogens with zero attached hydrogens (tertiary/aromatic N) is 2. The van der Waals surface area contributed by atoms with Crippen LogP contribution in [-0.4, -0.2) is 4.57 Å². The fourth-order valence-electron chi connectivity index (χ4n) is 1.82. The molecule has 0 aliphatic carbocycles. The van der Waals surface area contributed by atoms with Gasteiger partial charge in [-0.25, -0.2) is 17.9 Å². The van der Waals surface area contributed by atoms with Crippen LogP contribution in [0, 0.1) is 24.6 Å². The predicted octanol–water partition coefficient (Wildman–Crippen LogP) is 2.93. The normalized spacial score (nSPS) is 9.42. The summed E-state index contributed by atoms with van der Waals surface area (Å²) in [5, 5.41) is 0. The second-order valence-corrected chi connectivity index (χ2v) is 3.80.